The largest absolute Gasteiger partial charge is 0.491 e. The highest BCUT2D eigenvalue weighted by Gasteiger charge is 2.50. The standard InChI is InChI=1S/C17H26N2O2/c1-4-19-17(16(18)20,13-9-10-13)11-21-15-8-6-5-7-14(15)12(2)3/h5-8,12-13,19H,4,9-11H2,1-3H3,(H2,18,20). The number of likely N-dealkylation sites (N-methyl/N-ethyl adjacent to an activating group) is 1. The van der Waals surface area contributed by atoms with Crippen LogP contribution in [0.3, 0.4) is 0 Å². The lowest BCUT2D eigenvalue weighted by Gasteiger charge is -2.32. The van der Waals surface area contributed by atoms with Crippen molar-refractivity contribution < 1.29 is 9.53 Å². The number of nitrogens with one attached hydrogen (secondary N) is 1. The van der Waals surface area contributed by atoms with E-state index in [4.69, 9.17) is 10.5 Å². The van der Waals surface area contributed by atoms with Crippen LogP contribution in [0.4, 0.5) is 0 Å². The summed E-state index contributed by atoms with van der Waals surface area (Å²) in [7, 11) is 0. The second-order valence-corrected chi connectivity index (χ2v) is 6.12. The molecule has 0 heterocycles. The Hall–Kier alpha value is -1.55. The molecular weight excluding hydrogens is 264 g/mol. The minimum absolute atomic E-state index is 0.293. The Morgan fingerprint density at radius 3 is 2.62 bits per heavy atom. The average molecular weight is 290 g/mol. The van der Waals surface area contributed by atoms with Gasteiger partial charge in [0, 0.05) is 0 Å². The van der Waals surface area contributed by atoms with Gasteiger partial charge < -0.3 is 15.8 Å². The molecule has 1 saturated carbocycles. The fourth-order valence-electron chi connectivity index (χ4n) is 2.84. The fourth-order valence-corrected chi connectivity index (χ4v) is 2.84. The number of hydrogen-bond acceptors (Lipinski definition) is 3. The van der Waals surface area contributed by atoms with Crippen LogP contribution in [0.15, 0.2) is 24.3 Å². The number of rotatable bonds is 8. The van der Waals surface area contributed by atoms with Crippen molar-refractivity contribution >= 4 is 5.91 Å². The number of ether oxygens (including phenoxy) is 1. The van der Waals surface area contributed by atoms with Gasteiger partial charge in [0.25, 0.3) is 0 Å². The number of carbonyl (C=O) groups excluding carboxylic acids is 1. The highest BCUT2D eigenvalue weighted by Crippen LogP contribution is 2.40. The lowest BCUT2D eigenvalue weighted by molar-refractivity contribution is -0.126. The van der Waals surface area contributed by atoms with Crippen LogP contribution in [0, 0.1) is 5.92 Å². The van der Waals surface area contributed by atoms with E-state index in [1.54, 1.807) is 0 Å². The Morgan fingerprint density at radius 2 is 2.10 bits per heavy atom. The fraction of sp³-hybridized carbons (Fsp3) is 0.588. The Kier molecular flexibility index (Phi) is 4.88. The molecule has 1 aromatic rings. The molecule has 0 bridgehead atoms. The van der Waals surface area contributed by atoms with Gasteiger partial charge in [0.15, 0.2) is 0 Å². The Morgan fingerprint density at radius 1 is 1.43 bits per heavy atom. The maximum Gasteiger partial charge on any atom is 0.241 e. The van der Waals surface area contributed by atoms with Crippen molar-refractivity contribution in [3.05, 3.63) is 29.8 Å². The van der Waals surface area contributed by atoms with Gasteiger partial charge in [-0.1, -0.05) is 39.0 Å². The van der Waals surface area contributed by atoms with E-state index in [2.05, 4.69) is 25.2 Å². The molecule has 0 spiro atoms. The number of benzene rings is 1. The molecule has 4 heteroatoms. The summed E-state index contributed by atoms with van der Waals surface area (Å²) in [5.74, 6) is 1.20. The number of primary amides is 1. The molecule has 0 aromatic heterocycles. The van der Waals surface area contributed by atoms with E-state index >= 15 is 0 Å². The predicted octanol–water partition coefficient (Wildman–Crippen LogP) is 2.43. The molecule has 0 saturated heterocycles. The van der Waals surface area contributed by atoms with Crippen LogP contribution in [-0.4, -0.2) is 24.6 Å². The molecule has 0 aliphatic heterocycles. The van der Waals surface area contributed by atoms with Crippen molar-refractivity contribution in [3.8, 4) is 5.75 Å². The number of para-hydroxylation sites is 1. The maximum atomic E-state index is 12.0. The molecule has 116 valence electrons. The van der Waals surface area contributed by atoms with Crippen LogP contribution in [0.2, 0.25) is 0 Å². The van der Waals surface area contributed by atoms with Crippen LogP contribution in [0.1, 0.15) is 45.1 Å². The van der Waals surface area contributed by atoms with Gasteiger partial charge >= 0.3 is 0 Å². The topological polar surface area (TPSA) is 64.3 Å². The first kappa shape index (κ1) is 15.8. The van der Waals surface area contributed by atoms with E-state index in [0.717, 1.165) is 24.2 Å². The molecule has 1 aromatic carbocycles. The van der Waals surface area contributed by atoms with Crippen molar-refractivity contribution in [2.24, 2.45) is 11.7 Å². The first-order valence-corrected chi connectivity index (χ1v) is 7.78. The van der Waals surface area contributed by atoms with Crippen LogP contribution >= 0.6 is 0 Å². The van der Waals surface area contributed by atoms with Gasteiger partial charge in [-0.2, -0.15) is 0 Å². The highest BCUT2D eigenvalue weighted by molar-refractivity contribution is 5.85. The summed E-state index contributed by atoms with van der Waals surface area (Å²) in [6, 6.07) is 7.99. The summed E-state index contributed by atoms with van der Waals surface area (Å²) in [6.07, 6.45) is 2.07. The molecule has 3 N–H and O–H groups in total. The summed E-state index contributed by atoms with van der Waals surface area (Å²) in [4.78, 5) is 12.0. The SMILES string of the molecule is CCNC(COc1ccccc1C(C)C)(C(N)=O)C1CC1. The lowest BCUT2D eigenvalue weighted by atomic mass is 9.93. The van der Waals surface area contributed by atoms with Crippen LogP contribution < -0.4 is 15.8 Å². The van der Waals surface area contributed by atoms with Gasteiger partial charge in [-0.3, -0.25) is 4.79 Å². The molecule has 1 fully saturated rings. The maximum absolute atomic E-state index is 12.0. The van der Waals surface area contributed by atoms with E-state index < -0.39 is 5.54 Å². The summed E-state index contributed by atoms with van der Waals surface area (Å²) >= 11 is 0. The first-order chi connectivity index (χ1) is 10.0. The number of hydrogen-bond donors (Lipinski definition) is 2. The second-order valence-electron chi connectivity index (χ2n) is 6.12. The van der Waals surface area contributed by atoms with E-state index in [1.165, 1.54) is 0 Å². The van der Waals surface area contributed by atoms with Crippen molar-refractivity contribution in [1.29, 1.82) is 0 Å². The van der Waals surface area contributed by atoms with Gasteiger partial charge in [0.05, 0.1) is 0 Å². The summed E-state index contributed by atoms with van der Waals surface area (Å²) < 4.78 is 6.02. The Balaban J connectivity index is 2.17. The monoisotopic (exact) mass is 290 g/mol. The van der Waals surface area contributed by atoms with Crippen LogP contribution in [0.25, 0.3) is 0 Å². The van der Waals surface area contributed by atoms with Gasteiger partial charge in [-0.15, -0.1) is 0 Å². The van der Waals surface area contributed by atoms with Gasteiger partial charge in [0.2, 0.25) is 5.91 Å². The van der Waals surface area contributed by atoms with E-state index in [9.17, 15) is 4.79 Å². The Labute approximate surface area is 127 Å². The molecule has 1 unspecified atom stereocenters. The molecular formula is C17H26N2O2. The minimum Gasteiger partial charge on any atom is -0.491 e. The summed E-state index contributed by atoms with van der Waals surface area (Å²) in [5, 5.41) is 3.28. The highest BCUT2D eigenvalue weighted by atomic mass is 16.5. The van der Waals surface area contributed by atoms with Crippen LogP contribution in [-0.2, 0) is 4.79 Å². The third kappa shape index (κ3) is 3.38. The summed E-state index contributed by atoms with van der Waals surface area (Å²) in [6.45, 7) is 7.25. The molecule has 2 rings (SSSR count). The van der Waals surface area contributed by atoms with E-state index in [1.807, 2.05) is 25.1 Å². The molecule has 4 nitrogen and oxygen atoms in total. The predicted molar refractivity (Wildman–Crippen MR) is 84.4 cm³/mol. The molecule has 1 aliphatic carbocycles. The summed E-state index contributed by atoms with van der Waals surface area (Å²) in [5.41, 5.74) is 6.10. The van der Waals surface area contributed by atoms with E-state index in [-0.39, 0.29) is 5.91 Å². The number of carbonyl (C=O) groups is 1. The zero-order chi connectivity index (χ0) is 15.5. The van der Waals surface area contributed by atoms with Crippen molar-refractivity contribution in [3.63, 3.8) is 0 Å². The first-order valence-electron chi connectivity index (χ1n) is 7.78. The number of amides is 1. The smallest absolute Gasteiger partial charge is 0.241 e. The van der Waals surface area contributed by atoms with Crippen molar-refractivity contribution in [1.82, 2.24) is 5.32 Å². The van der Waals surface area contributed by atoms with Crippen LogP contribution in [0.5, 0.6) is 5.75 Å². The quantitative estimate of drug-likeness (QED) is 0.773. The third-order valence-electron chi connectivity index (χ3n) is 4.20. The van der Waals surface area contributed by atoms with Gasteiger partial charge in [-0.25, -0.2) is 0 Å². The van der Waals surface area contributed by atoms with Gasteiger partial charge in [-0.05, 0) is 42.9 Å². The second kappa shape index (κ2) is 6.48. The molecule has 0 radical (unpaired) electrons. The molecule has 1 atom stereocenters. The number of nitrogens with two attached hydrogens (primary N) is 1. The lowest BCUT2D eigenvalue weighted by Crippen LogP contribution is -2.61. The zero-order valence-electron chi connectivity index (χ0n) is 13.2. The average Bonchev–Trinajstić information content (AvgIpc) is 3.28. The Bertz CT molecular complexity index is 497. The van der Waals surface area contributed by atoms with E-state index in [0.29, 0.717) is 25.0 Å². The van der Waals surface area contributed by atoms with Crippen molar-refractivity contribution in [2.45, 2.75) is 45.1 Å². The zero-order valence-corrected chi connectivity index (χ0v) is 13.2. The minimum atomic E-state index is -0.737. The third-order valence-corrected chi connectivity index (χ3v) is 4.20. The molecule has 21 heavy (non-hydrogen) atoms. The van der Waals surface area contributed by atoms with Gasteiger partial charge in [0.1, 0.15) is 17.9 Å². The molecule has 1 aliphatic rings. The van der Waals surface area contributed by atoms with Crippen molar-refractivity contribution in [2.75, 3.05) is 13.2 Å². The normalized spacial score (nSPS) is 17.5. The molecule has 1 amide bonds.